The molecular weight excluding hydrogens is 396 g/mol. The van der Waals surface area contributed by atoms with Crippen molar-refractivity contribution in [3.63, 3.8) is 0 Å². The maximum absolute atomic E-state index is 12.4. The molecule has 1 N–H and O–H groups in total. The Bertz CT molecular complexity index is 954. The van der Waals surface area contributed by atoms with Crippen molar-refractivity contribution in [2.24, 2.45) is 0 Å². The molecule has 2 amide bonds. The summed E-state index contributed by atoms with van der Waals surface area (Å²) in [5.41, 5.74) is 1.44. The Kier molecular flexibility index (Phi) is 6.29. The number of piperazine rings is 1. The van der Waals surface area contributed by atoms with Crippen LogP contribution in [0.4, 0.5) is 5.82 Å². The van der Waals surface area contributed by atoms with Gasteiger partial charge in [0.2, 0.25) is 11.8 Å². The molecule has 0 bridgehead atoms. The van der Waals surface area contributed by atoms with Gasteiger partial charge in [0.25, 0.3) is 5.91 Å². The number of nitrogens with one attached hydrogen (secondary N) is 1. The van der Waals surface area contributed by atoms with Gasteiger partial charge < -0.3 is 19.9 Å². The lowest BCUT2D eigenvalue weighted by atomic mass is 10.2. The van der Waals surface area contributed by atoms with Crippen LogP contribution in [-0.2, 0) is 11.2 Å². The lowest BCUT2D eigenvalue weighted by molar-refractivity contribution is -0.129. The molecule has 2 aromatic heterocycles. The summed E-state index contributed by atoms with van der Waals surface area (Å²) in [4.78, 5) is 41.7. The maximum atomic E-state index is 12.4. The van der Waals surface area contributed by atoms with Crippen LogP contribution in [0.15, 0.2) is 24.4 Å². The molecular formula is C22H28N6O3. The highest BCUT2D eigenvalue weighted by atomic mass is 16.5. The number of methoxy groups -OCH3 is 1. The topological polar surface area (TPSA) is 101 Å². The molecule has 31 heavy (non-hydrogen) atoms. The standard InChI is InChI=1S/C22H28N6O3/c1-15(29)27-9-11-28(12-10-27)19-14-18(25-21(26-19)16-3-4-16)6-8-24-22(30)17-5-7-23-20(13-17)31-2/h5,7,13-14,16H,3-4,6,8-12H2,1-2H3,(H,24,30). The number of amides is 2. The molecule has 0 radical (unpaired) electrons. The Morgan fingerprint density at radius 3 is 2.61 bits per heavy atom. The minimum Gasteiger partial charge on any atom is -0.481 e. The molecule has 9 nitrogen and oxygen atoms in total. The fourth-order valence-corrected chi connectivity index (χ4v) is 3.64. The van der Waals surface area contributed by atoms with Gasteiger partial charge >= 0.3 is 0 Å². The average molecular weight is 425 g/mol. The van der Waals surface area contributed by atoms with E-state index in [9.17, 15) is 9.59 Å². The number of nitrogens with zero attached hydrogens (tertiary/aromatic N) is 5. The monoisotopic (exact) mass is 424 g/mol. The zero-order chi connectivity index (χ0) is 21.8. The first kappa shape index (κ1) is 21.0. The zero-order valence-corrected chi connectivity index (χ0v) is 18.0. The van der Waals surface area contributed by atoms with E-state index in [1.165, 1.54) is 7.11 Å². The van der Waals surface area contributed by atoms with E-state index in [4.69, 9.17) is 14.7 Å². The quantitative estimate of drug-likeness (QED) is 0.717. The van der Waals surface area contributed by atoms with Crippen LogP contribution in [-0.4, -0.2) is 71.5 Å². The molecule has 3 heterocycles. The van der Waals surface area contributed by atoms with E-state index >= 15 is 0 Å². The molecule has 1 aliphatic carbocycles. The van der Waals surface area contributed by atoms with E-state index in [-0.39, 0.29) is 11.8 Å². The Morgan fingerprint density at radius 1 is 1.16 bits per heavy atom. The summed E-state index contributed by atoms with van der Waals surface area (Å²) in [6, 6.07) is 5.29. The van der Waals surface area contributed by atoms with Crippen LogP contribution < -0.4 is 15.0 Å². The first-order chi connectivity index (χ1) is 15.0. The Labute approximate surface area is 181 Å². The number of hydrogen-bond acceptors (Lipinski definition) is 7. The highest BCUT2D eigenvalue weighted by Crippen LogP contribution is 2.38. The third-order valence-corrected chi connectivity index (χ3v) is 5.65. The second-order valence-corrected chi connectivity index (χ2v) is 7.94. The van der Waals surface area contributed by atoms with Crippen molar-refractivity contribution in [2.45, 2.75) is 32.1 Å². The van der Waals surface area contributed by atoms with Gasteiger partial charge in [-0.25, -0.2) is 15.0 Å². The summed E-state index contributed by atoms with van der Waals surface area (Å²) >= 11 is 0. The number of hydrogen-bond donors (Lipinski definition) is 1. The van der Waals surface area contributed by atoms with E-state index in [0.717, 1.165) is 43.3 Å². The fraction of sp³-hybridized carbons (Fsp3) is 0.500. The van der Waals surface area contributed by atoms with Gasteiger partial charge in [-0.1, -0.05) is 0 Å². The highest BCUT2D eigenvalue weighted by Gasteiger charge is 2.28. The number of ether oxygens (including phenoxy) is 1. The smallest absolute Gasteiger partial charge is 0.251 e. The molecule has 2 aliphatic rings. The number of aromatic nitrogens is 3. The van der Waals surface area contributed by atoms with Gasteiger partial charge in [0.05, 0.1) is 7.11 Å². The summed E-state index contributed by atoms with van der Waals surface area (Å²) in [6.45, 7) is 5.03. The second kappa shape index (κ2) is 9.28. The van der Waals surface area contributed by atoms with Gasteiger partial charge in [-0.15, -0.1) is 0 Å². The molecule has 1 aliphatic heterocycles. The molecule has 9 heteroatoms. The number of rotatable bonds is 7. The minimum absolute atomic E-state index is 0.115. The Balaban J connectivity index is 1.40. The summed E-state index contributed by atoms with van der Waals surface area (Å²) in [7, 11) is 1.52. The van der Waals surface area contributed by atoms with Crippen molar-refractivity contribution in [1.29, 1.82) is 0 Å². The van der Waals surface area contributed by atoms with Gasteiger partial charge in [0.1, 0.15) is 11.6 Å². The lowest BCUT2D eigenvalue weighted by Crippen LogP contribution is -2.48. The average Bonchev–Trinajstić information content (AvgIpc) is 3.64. The first-order valence-corrected chi connectivity index (χ1v) is 10.7. The molecule has 2 fully saturated rings. The van der Waals surface area contributed by atoms with Crippen LogP contribution in [0.3, 0.4) is 0 Å². The van der Waals surface area contributed by atoms with Crippen molar-refractivity contribution in [3.8, 4) is 5.88 Å². The molecule has 0 unspecified atom stereocenters. The van der Waals surface area contributed by atoms with Crippen LogP contribution >= 0.6 is 0 Å². The van der Waals surface area contributed by atoms with E-state index in [1.807, 2.05) is 11.0 Å². The molecule has 1 saturated carbocycles. The van der Waals surface area contributed by atoms with Gasteiger partial charge in [-0.05, 0) is 18.9 Å². The minimum atomic E-state index is -0.169. The van der Waals surface area contributed by atoms with Crippen molar-refractivity contribution in [2.75, 3.05) is 44.7 Å². The van der Waals surface area contributed by atoms with Crippen LogP contribution in [0.1, 0.15) is 47.6 Å². The third-order valence-electron chi connectivity index (χ3n) is 5.65. The van der Waals surface area contributed by atoms with Crippen LogP contribution in [0, 0.1) is 0 Å². The van der Waals surface area contributed by atoms with Crippen LogP contribution in [0.5, 0.6) is 5.88 Å². The van der Waals surface area contributed by atoms with Crippen molar-refractivity contribution in [1.82, 2.24) is 25.2 Å². The molecule has 1 saturated heterocycles. The first-order valence-electron chi connectivity index (χ1n) is 10.7. The molecule has 0 atom stereocenters. The lowest BCUT2D eigenvalue weighted by Gasteiger charge is -2.35. The fourth-order valence-electron chi connectivity index (χ4n) is 3.64. The predicted molar refractivity (Wildman–Crippen MR) is 115 cm³/mol. The number of carbonyl (C=O) groups is 2. The third kappa shape index (κ3) is 5.28. The van der Waals surface area contributed by atoms with E-state index in [0.29, 0.717) is 43.4 Å². The van der Waals surface area contributed by atoms with Gasteiger partial charge in [0, 0.05) is 81.6 Å². The van der Waals surface area contributed by atoms with E-state index in [2.05, 4.69) is 15.2 Å². The summed E-state index contributed by atoms with van der Waals surface area (Å²) in [6.07, 6.45) is 4.43. The van der Waals surface area contributed by atoms with Gasteiger partial charge in [-0.2, -0.15) is 0 Å². The Hall–Kier alpha value is -3.23. The number of carbonyl (C=O) groups excluding carboxylic acids is 2. The van der Waals surface area contributed by atoms with Crippen molar-refractivity contribution >= 4 is 17.6 Å². The molecule has 0 spiro atoms. The highest BCUT2D eigenvalue weighted by molar-refractivity contribution is 5.94. The second-order valence-electron chi connectivity index (χ2n) is 7.94. The molecule has 164 valence electrons. The summed E-state index contributed by atoms with van der Waals surface area (Å²) < 4.78 is 5.08. The Morgan fingerprint density at radius 2 is 1.94 bits per heavy atom. The number of anilines is 1. The zero-order valence-electron chi connectivity index (χ0n) is 18.0. The molecule has 0 aromatic carbocycles. The predicted octanol–water partition coefficient (Wildman–Crippen LogP) is 1.40. The summed E-state index contributed by atoms with van der Waals surface area (Å²) in [5.74, 6) is 2.61. The van der Waals surface area contributed by atoms with Crippen molar-refractivity contribution in [3.05, 3.63) is 41.5 Å². The van der Waals surface area contributed by atoms with Crippen LogP contribution in [0.2, 0.25) is 0 Å². The SMILES string of the molecule is COc1cc(C(=O)NCCc2cc(N3CCN(C(C)=O)CC3)nc(C3CC3)n2)ccn1. The van der Waals surface area contributed by atoms with Gasteiger partial charge in [0.15, 0.2) is 0 Å². The molecule has 4 rings (SSSR count). The molecule has 2 aromatic rings. The normalized spacial score (nSPS) is 16.2. The van der Waals surface area contributed by atoms with Crippen molar-refractivity contribution < 1.29 is 14.3 Å². The van der Waals surface area contributed by atoms with Gasteiger partial charge in [-0.3, -0.25) is 9.59 Å². The maximum Gasteiger partial charge on any atom is 0.251 e. The largest absolute Gasteiger partial charge is 0.481 e. The van der Waals surface area contributed by atoms with E-state index in [1.54, 1.807) is 25.3 Å². The number of pyridine rings is 1. The summed E-state index contributed by atoms with van der Waals surface area (Å²) in [5, 5.41) is 2.94. The van der Waals surface area contributed by atoms with E-state index < -0.39 is 0 Å². The van der Waals surface area contributed by atoms with Crippen LogP contribution in [0.25, 0.3) is 0 Å².